The standard InChI is InChI=1S/C10H12F3N/c1-5(2)10(14)8-6(11)3-4-7(12)9(8)13/h3-5,10H,14H2,1-2H3/t10-/m1/s1. The summed E-state index contributed by atoms with van der Waals surface area (Å²) in [5.41, 5.74) is 5.19. The van der Waals surface area contributed by atoms with Crippen molar-refractivity contribution in [1.82, 2.24) is 0 Å². The van der Waals surface area contributed by atoms with Crippen LogP contribution in [0.1, 0.15) is 25.5 Å². The van der Waals surface area contributed by atoms with Crippen LogP contribution in [0.25, 0.3) is 0 Å². The molecule has 0 amide bonds. The van der Waals surface area contributed by atoms with E-state index in [1.807, 2.05) is 0 Å². The van der Waals surface area contributed by atoms with Gasteiger partial charge in [0.15, 0.2) is 11.6 Å². The highest BCUT2D eigenvalue weighted by atomic mass is 19.2. The predicted molar refractivity (Wildman–Crippen MR) is 48.1 cm³/mol. The number of halogens is 3. The molecule has 0 heterocycles. The first kappa shape index (κ1) is 11.0. The molecule has 0 radical (unpaired) electrons. The molecular weight excluding hydrogens is 191 g/mol. The average molecular weight is 203 g/mol. The monoisotopic (exact) mass is 203 g/mol. The molecule has 0 saturated heterocycles. The summed E-state index contributed by atoms with van der Waals surface area (Å²) in [6.07, 6.45) is 0. The summed E-state index contributed by atoms with van der Waals surface area (Å²) in [4.78, 5) is 0. The molecule has 1 atom stereocenters. The Labute approximate surface area is 80.7 Å². The van der Waals surface area contributed by atoms with E-state index in [0.29, 0.717) is 0 Å². The summed E-state index contributed by atoms with van der Waals surface area (Å²) < 4.78 is 39.1. The predicted octanol–water partition coefficient (Wildman–Crippen LogP) is 2.76. The van der Waals surface area contributed by atoms with E-state index in [9.17, 15) is 13.2 Å². The van der Waals surface area contributed by atoms with E-state index in [0.717, 1.165) is 12.1 Å². The van der Waals surface area contributed by atoms with Gasteiger partial charge in [0.1, 0.15) is 5.82 Å². The molecule has 2 N–H and O–H groups in total. The maximum Gasteiger partial charge on any atom is 0.166 e. The lowest BCUT2D eigenvalue weighted by Gasteiger charge is -2.17. The van der Waals surface area contributed by atoms with Crippen LogP contribution < -0.4 is 5.73 Å². The first-order valence-electron chi connectivity index (χ1n) is 4.34. The van der Waals surface area contributed by atoms with Gasteiger partial charge < -0.3 is 5.73 Å². The van der Waals surface area contributed by atoms with E-state index < -0.39 is 23.5 Å². The minimum atomic E-state index is -1.19. The Morgan fingerprint density at radius 1 is 1.07 bits per heavy atom. The van der Waals surface area contributed by atoms with Gasteiger partial charge in [0.05, 0.1) is 0 Å². The summed E-state index contributed by atoms with van der Waals surface area (Å²) in [6, 6.07) is 0.808. The van der Waals surface area contributed by atoms with Crippen LogP contribution in [0, 0.1) is 23.4 Å². The second kappa shape index (κ2) is 4.00. The lowest BCUT2D eigenvalue weighted by atomic mass is 9.96. The first-order valence-corrected chi connectivity index (χ1v) is 4.34. The molecule has 14 heavy (non-hydrogen) atoms. The van der Waals surface area contributed by atoms with Crippen LogP contribution in [0.5, 0.6) is 0 Å². The minimum Gasteiger partial charge on any atom is -0.324 e. The Morgan fingerprint density at radius 2 is 1.57 bits per heavy atom. The van der Waals surface area contributed by atoms with Crippen LogP contribution in [0.3, 0.4) is 0 Å². The summed E-state index contributed by atoms with van der Waals surface area (Å²) in [5, 5.41) is 0. The van der Waals surface area contributed by atoms with E-state index in [2.05, 4.69) is 0 Å². The SMILES string of the molecule is CC(C)[C@@H](N)c1c(F)ccc(F)c1F. The van der Waals surface area contributed by atoms with Gasteiger partial charge in [-0.15, -0.1) is 0 Å². The zero-order chi connectivity index (χ0) is 10.9. The molecule has 78 valence electrons. The number of hydrogen-bond acceptors (Lipinski definition) is 1. The van der Waals surface area contributed by atoms with Gasteiger partial charge in [-0.05, 0) is 18.1 Å². The lowest BCUT2D eigenvalue weighted by molar-refractivity contribution is 0.427. The fourth-order valence-electron chi connectivity index (χ4n) is 1.18. The highest BCUT2D eigenvalue weighted by Crippen LogP contribution is 2.25. The van der Waals surface area contributed by atoms with E-state index in [-0.39, 0.29) is 11.5 Å². The zero-order valence-electron chi connectivity index (χ0n) is 8.02. The average Bonchev–Trinajstić information content (AvgIpc) is 2.12. The van der Waals surface area contributed by atoms with Crippen LogP contribution >= 0.6 is 0 Å². The van der Waals surface area contributed by atoms with Gasteiger partial charge >= 0.3 is 0 Å². The largest absolute Gasteiger partial charge is 0.324 e. The second-order valence-corrected chi connectivity index (χ2v) is 3.53. The molecule has 1 nitrogen and oxygen atoms in total. The van der Waals surface area contributed by atoms with Crippen molar-refractivity contribution in [3.8, 4) is 0 Å². The number of hydrogen-bond donors (Lipinski definition) is 1. The number of benzene rings is 1. The van der Waals surface area contributed by atoms with Crippen molar-refractivity contribution in [2.24, 2.45) is 11.7 Å². The molecular formula is C10H12F3N. The topological polar surface area (TPSA) is 26.0 Å². The van der Waals surface area contributed by atoms with Crippen LogP contribution in [0.4, 0.5) is 13.2 Å². The molecule has 0 aromatic heterocycles. The van der Waals surface area contributed by atoms with Crippen molar-refractivity contribution in [2.45, 2.75) is 19.9 Å². The summed E-state index contributed by atoms with van der Waals surface area (Å²) in [5.74, 6) is -3.21. The van der Waals surface area contributed by atoms with Gasteiger partial charge in [0, 0.05) is 11.6 Å². The Morgan fingerprint density at radius 3 is 2.07 bits per heavy atom. The molecule has 0 spiro atoms. The third-order valence-electron chi connectivity index (χ3n) is 2.13. The van der Waals surface area contributed by atoms with Crippen molar-refractivity contribution < 1.29 is 13.2 Å². The Balaban J connectivity index is 3.25. The van der Waals surface area contributed by atoms with Crippen LogP contribution in [0.2, 0.25) is 0 Å². The van der Waals surface area contributed by atoms with E-state index in [1.54, 1.807) is 13.8 Å². The molecule has 0 aliphatic heterocycles. The third kappa shape index (κ3) is 1.90. The van der Waals surface area contributed by atoms with E-state index in [1.165, 1.54) is 0 Å². The van der Waals surface area contributed by atoms with E-state index in [4.69, 9.17) is 5.73 Å². The van der Waals surface area contributed by atoms with Crippen molar-refractivity contribution in [1.29, 1.82) is 0 Å². The fraction of sp³-hybridized carbons (Fsp3) is 0.400. The molecule has 0 bridgehead atoms. The van der Waals surface area contributed by atoms with Crippen LogP contribution in [-0.2, 0) is 0 Å². The van der Waals surface area contributed by atoms with Crippen molar-refractivity contribution in [2.75, 3.05) is 0 Å². The number of nitrogens with two attached hydrogens (primary N) is 1. The Kier molecular flexibility index (Phi) is 3.16. The molecule has 0 aliphatic carbocycles. The van der Waals surface area contributed by atoms with Crippen molar-refractivity contribution >= 4 is 0 Å². The highest BCUT2D eigenvalue weighted by Gasteiger charge is 2.21. The molecule has 1 aromatic rings. The Bertz CT molecular complexity index is 336. The van der Waals surface area contributed by atoms with Gasteiger partial charge in [-0.2, -0.15) is 0 Å². The molecule has 0 fully saturated rings. The molecule has 1 aromatic carbocycles. The molecule has 1 rings (SSSR count). The summed E-state index contributed by atoms with van der Waals surface area (Å²) in [6.45, 7) is 3.43. The maximum absolute atomic E-state index is 13.2. The van der Waals surface area contributed by atoms with Gasteiger partial charge in [-0.1, -0.05) is 13.8 Å². The summed E-state index contributed by atoms with van der Waals surface area (Å²) in [7, 11) is 0. The smallest absolute Gasteiger partial charge is 0.166 e. The molecule has 0 saturated carbocycles. The lowest BCUT2D eigenvalue weighted by Crippen LogP contribution is -2.20. The fourth-order valence-corrected chi connectivity index (χ4v) is 1.18. The molecule has 4 heteroatoms. The van der Waals surface area contributed by atoms with Crippen molar-refractivity contribution in [3.63, 3.8) is 0 Å². The molecule has 0 aliphatic rings. The van der Waals surface area contributed by atoms with Gasteiger partial charge in [-0.3, -0.25) is 0 Å². The van der Waals surface area contributed by atoms with Crippen LogP contribution in [-0.4, -0.2) is 0 Å². The quantitative estimate of drug-likeness (QED) is 0.735. The van der Waals surface area contributed by atoms with E-state index >= 15 is 0 Å². The summed E-state index contributed by atoms with van der Waals surface area (Å²) >= 11 is 0. The van der Waals surface area contributed by atoms with Crippen LogP contribution in [0.15, 0.2) is 12.1 Å². The highest BCUT2D eigenvalue weighted by molar-refractivity contribution is 5.24. The zero-order valence-corrected chi connectivity index (χ0v) is 8.02. The third-order valence-corrected chi connectivity index (χ3v) is 2.13. The van der Waals surface area contributed by atoms with Crippen molar-refractivity contribution in [3.05, 3.63) is 35.1 Å². The molecule has 0 unspecified atom stereocenters. The Hall–Kier alpha value is -1.03. The normalized spacial score (nSPS) is 13.4. The minimum absolute atomic E-state index is 0.152. The second-order valence-electron chi connectivity index (χ2n) is 3.53. The number of rotatable bonds is 2. The van der Waals surface area contributed by atoms with Gasteiger partial charge in [0.2, 0.25) is 0 Å². The van der Waals surface area contributed by atoms with Gasteiger partial charge in [-0.25, -0.2) is 13.2 Å². The maximum atomic E-state index is 13.2. The first-order chi connectivity index (χ1) is 6.45. The van der Waals surface area contributed by atoms with Gasteiger partial charge in [0.25, 0.3) is 0 Å².